The van der Waals surface area contributed by atoms with Gasteiger partial charge in [0.1, 0.15) is 0 Å². The van der Waals surface area contributed by atoms with Crippen LogP contribution in [0.2, 0.25) is 0 Å². The lowest BCUT2D eigenvalue weighted by Gasteiger charge is -2.08. The van der Waals surface area contributed by atoms with E-state index in [1.54, 1.807) is 18.6 Å². The van der Waals surface area contributed by atoms with Crippen molar-refractivity contribution in [3.63, 3.8) is 0 Å². The van der Waals surface area contributed by atoms with Gasteiger partial charge >= 0.3 is 0 Å². The van der Waals surface area contributed by atoms with Crippen molar-refractivity contribution < 1.29 is 0 Å². The van der Waals surface area contributed by atoms with E-state index in [0.717, 1.165) is 11.3 Å². The van der Waals surface area contributed by atoms with Crippen molar-refractivity contribution in [3.8, 4) is 22.4 Å². The first-order valence-corrected chi connectivity index (χ1v) is 5.86. The highest BCUT2D eigenvalue weighted by Gasteiger charge is 2.06. The van der Waals surface area contributed by atoms with Crippen LogP contribution >= 0.6 is 0 Å². The molecule has 3 N–H and O–H groups in total. The average Bonchev–Trinajstić information content (AvgIpc) is 2.49. The van der Waals surface area contributed by atoms with Gasteiger partial charge in [-0.2, -0.15) is 0 Å². The monoisotopic (exact) mass is 249 g/mol. The minimum absolute atomic E-state index is 0. The van der Waals surface area contributed by atoms with Gasteiger partial charge in [-0.3, -0.25) is 9.97 Å². The number of rotatable bonds is 2. The number of aromatic nitrogens is 2. The zero-order valence-corrected chi connectivity index (χ0v) is 10.5. The van der Waals surface area contributed by atoms with E-state index in [9.17, 15) is 0 Å². The Morgan fingerprint density at radius 1 is 0.684 bits per heavy atom. The van der Waals surface area contributed by atoms with Crippen molar-refractivity contribution in [3.05, 3.63) is 73.2 Å². The highest BCUT2D eigenvalue weighted by Crippen LogP contribution is 2.29. The molecule has 0 fully saturated rings. The Labute approximate surface area is 112 Å². The molecule has 3 nitrogen and oxygen atoms in total. The fourth-order valence-corrected chi connectivity index (χ4v) is 2.01. The van der Waals surface area contributed by atoms with Crippen LogP contribution in [0.1, 0.15) is 0 Å². The van der Waals surface area contributed by atoms with E-state index in [-0.39, 0.29) is 6.15 Å². The summed E-state index contributed by atoms with van der Waals surface area (Å²) in [5.74, 6) is 0. The minimum Gasteiger partial charge on any atom is -0.344 e. The van der Waals surface area contributed by atoms with Gasteiger partial charge in [-0.25, -0.2) is 0 Å². The van der Waals surface area contributed by atoms with Crippen molar-refractivity contribution in [2.24, 2.45) is 0 Å². The molecule has 0 amide bonds. The summed E-state index contributed by atoms with van der Waals surface area (Å²) in [6, 6.07) is 18.6. The summed E-state index contributed by atoms with van der Waals surface area (Å²) in [4.78, 5) is 8.51. The second-order valence-electron chi connectivity index (χ2n) is 4.00. The third-order valence-electron chi connectivity index (χ3n) is 2.85. The van der Waals surface area contributed by atoms with E-state index in [1.807, 2.05) is 30.3 Å². The van der Waals surface area contributed by atoms with Gasteiger partial charge in [0.25, 0.3) is 0 Å². The second-order valence-corrected chi connectivity index (χ2v) is 4.00. The maximum Gasteiger partial charge on any atom is 0.0891 e. The van der Waals surface area contributed by atoms with E-state index in [4.69, 9.17) is 0 Å². The number of hydrogen-bond donors (Lipinski definition) is 1. The summed E-state index contributed by atoms with van der Waals surface area (Å²) in [7, 11) is 0. The molecule has 0 saturated carbocycles. The minimum atomic E-state index is 0. The molecule has 1 heterocycles. The standard InChI is InChI=1S/C16H12N2.H3N/c1-2-6-13(7-3-1)14-8-4-5-9-15(14)16-12-17-10-11-18-16;/h1-12H;1H3. The molecule has 3 aromatic rings. The molecular weight excluding hydrogens is 234 g/mol. The lowest BCUT2D eigenvalue weighted by molar-refractivity contribution is 1.21. The van der Waals surface area contributed by atoms with E-state index >= 15 is 0 Å². The fraction of sp³-hybridized carbons (Fsp3) is 0. The number of nitrogens with zero attached hydrogens (tertiary/aromatic N) is 2. The smallest absolute Gasteiger partial charge is 0.0891 e. The Morgan fingerprint density at radius 2 is 1.37 bits per heavy atom. The van der Waals surface area contributed by atoms with Crippen molar-refractivity contribution in [1.29, 1.82) is 0 Å². The van der Waals surface area contributed by atoms with Gasteiger partial charge in [-0.05, 0) is 11.1 Å². The van der Waals surface area contributed by atoms with Crippen LogP contribution < -0.4 is 6.15 Å². The molecule has 3 rings (SSSR count). The second kappa shape index (κ2) is 5.89. The van der Waals surface area contributed by atoms with Gasteiger partial charge in [-0.1, -0.05) is 54.6 Å². The van der Waals surface area contributed by atoms with Gasteiger partial charge in [-0.15, -0.1) is 0 Å². The van der Waals surface area contributed by atoms with Crippen LogP contribution in [0.3, 0.4) is 0 Å². The van der Waals surface area contributed by atoms with E-state index in [1.165, 1.54) is 11.1 Å². The van der Waals surface area contributed by atoms with Crippen LogP contribution in [0.15, 0.2) is 73.2 Å². The molecule has 0 aliphatic carbocycles. The molecule has 0 spiro atoms. The average molecular weight is 249 g/mol. The van der Waals surface area contributed by atoms with Crippen LogP contribution in [0.5, 0.6) is 0 Å². The lowest BCUT2D eigenvalue weighted by atomic mass is 9.98. The van der Waals surface area contributed by atoms with Crippen molar-refractivity contribution in [2.45, 2.75) is 0 Å². The molecule has 0 unspecified atom stereocenters. The van der Waals surface area contributed by atoms with Gasteiger partial charge in [0.05, 0.1) is 11.9 Å². The number of benzene rings is 2. The molecule has 0 saturated heterocycles. The van der Waals surface area contributed by atoms with Gasteiger partial charge in [0.15, 0.2) is 0 Å². The molecule has 0 aliphatic heterocycles. The van der Waals surface area contributed by atoms with Gasteiger partial charge in [0, 0.05) is 18.0 Å². The number of hydrogen-bond acceptors (Lipinski definition) is 3. The summed E-state index contributed by atoms with van der Waals surface area (Å²) >= 11 is 0. The molecule has 2 aromatic carbocycles. The summed E-state index contributed by atoms with van der Waals surface area (Å²) in [6.07, 6.45) is 5.20. The zero-order chi connectivity index (χ0) is 12.2. The summed E-state index contributed by atoms with van der Waals surface area (Å²) in [6.45, 7) is 0. The maximum absolute atomic E-state index is 4.37. The SMILES string of the molecule is N.c1ccc(-c2ccccc2-c2cnccn2)cc1. The Balaban J connectivity index is 0.00000133. The quantitative estimate of drug-likeness (QED) is 0.747. The van der Waals surface area contributed by atoms with Crippen LogP contribution in [0.25, 0.3) is 22.4 Å². The molecule has 0 bridgehead atoms. The maximum atomic E-state index is 4.37. The third kappa shape index (κ3) is 2.67. The normalized spacial score (nSPS) is 9.68. The van der Waals surface area contributed by atoms with Gasteiger partial charge in [0.2, 0.25) is 0 Å². The summed E-state index contributed by atoms with van der Waals surface area (Å²) < 4.78 is 0. The topological polar surface area (TPSA) is 60.8 Å². The predicted octanol–water partition coefficient (Wildman–Crippen LogP) is 3.97. The summed E-state index contributed by atoms with van der Waals surface area (Å²) in [5.41, 5.74) is 4.38. The first kappa shape index (κ1) is 12.9. The van der Waals surface area contributed by atoms with Gasteiger partial charge < -0.3 is 6.15 Å². The molecule has 0 radical (unpaired) electrons. The Bertz CT molecular complexity index is 578. The lowest BCUT2D eigenvalue weighted by Crippen LogP contribution is -1.88. The highest BCUT2D eigenvalue weighted by molar-refractivity contribution is 5.81. The third-order valence-corrected chi connectivity index (χ3v) is 2.85. The Hall–Kier alpha value is -2.52. The van der Waals surface area contributed by atoms with Crippen molar-refractivity contribution in [1.82, 2.24) is 16.1 Å². The molecule has 94 valence electrons. The van der Waals surface area contributed by atoms with Crippen LogP contribution in [-0.2, 0) is 0 Å². The Morgan fingerprint density at radius 3 is 2.05 bits per heavy atom. The van der Waals surface area contributed by atoms with E-state index in [0.29, 0.717) is 0 Å². The molecule has 3 heteroatoms. The van der Waals surface area contributed by atoms with E-state index < -0.39 is 0 Å². The van der Waals surface area contributed by atoms with Crippen molar-refractivity contribution >= 4 is 0 Å². The predicted molar refractivity (Wildman–Crippen MR) is 77.9 cm³/mol. The molecule has 1 aromatic heterocycles. The highest BCUT2D eigenvalue weighted by atomic mass is 14.8. The largest absolute Gasteiger partial charge is 0.344 e. The van der Waals surface area contributed by atoms with Crippen LogP contribution in [0.4, 0.5) is 0 Å². The molecule has 0 atom stereocenters. The fourth-order valence-electron chi connectivity index (χ4n) is 2.01. The van der Waals surface area contributed by atoms with E-state index in [2.05, 4.69) is 34.2 Å². The first-order valence-electron chi connectivity index (χ1n) is 5.86. The summed E-state index contributed by atoms with van der Waals surface area (Å²) in [5, 5.41) is 0. The van der Waals surface area contributed by atoms with Crippen molar-refractivity contribution in [2.75, 3.05) is 0 Å². The Kier molecular flexibility index (Phi) is 4.00. The van der Waals surface area contributed by atoms with Crippen LogP contribution in [-0.4, -0.2) is 9.97 Å². The van der Waals surface area contributed by atoms with Crippen LogP contribution in [0, 0.1) is 0 Å². The molecule has 19 heavy (non-hydrogen) atoms. The first-order chi connectivity index (χ1) is 8.95. The zero-order valence-electron chi connectivity index (χ0n) is 10.5. The molecular formula is C16H15N3. The molecule has 0 aliphatic rings.